The summed E-state index contributed by atoms with van der Waals surface area (Å²) in [6.45, 7) is 12.4. The fraction of sp³-hybridized carbons (Fsp3) is 0.222. The molecule has 0 saturated heterocycles. The van der Waals surface area contributed by atoms with E-state index in [2.05, 4.69) is 70.4 Å². The Labute approximate surface area is 128 Å². The minimum Gasteiger partial charge on any atom is -0.356 e. The minimum absolute atomic E-state index is 0.918. The first-order chi connectivity index (χ1) is 9.45. The van der Waals surface area contributed by atoms with Crippen LogP contribution >= 0.6 is 12.6 Å². The molecule has 0 saturated carbocycles. The van der Waals surface area contributed by atoms with Crippen LogP contribution in [-0.4, -0.2) is 0 Å². The lowest BCUT2D eigenvalue weighted by Crippen LogP contribution is -2.01. The van der Waals surface area contributed by atoms with Gasteiger partial charge in [0, 0.05) is 11.4 Å². The number of thiol groups is 1. The van der Waals surface area contributed by atoms with Crippen molar-refractivity contribution < 1.29 is 0 Å². The van der Waals surface area contributed by atoms with Gasteiger partial charge >= 0.3 is 0 Å². The van der Waals surface area contributed by atoms with Crippen molar-refractivity contribution in [2.75, 3.05) is 5.32 Å². The summed E-state index contributed by atoms with van der Waals surface area (Å²) in [6, 6.07) is 8.20. The van der Waals surface area contributed by atoms with Crippen LogP contribution in [0.2, 0.25) is 0 Å². The lowest BCUT2D eigenvalue weighted by atomic mass is 10.1. The molecule has 1 N–H and O–H groups in total. The van der Waals surface area contributed by atoms with Crippen molar-refractivity contribution in [3.05, 3.63) is 76.4 Å². The van der Waals surface area contributed by atoms with Crippen molar-refractivity contribution in [1.29, 1.82) is 0 Å². The second-order valence-electron chi connectivity index (χ2n) is 4.93. The van der Waals surface area contributed by atoms with E-state index in [9.17, 15) is 0 Å². The van der Waals surface area contributed by atoms with E-state index in [1.165, 1.54) is 16.7 Å². The molecule has 0 fully saturated rings. The molecule has 0 atom stereocenters. The maximum Gasteiger partial charge on any atom is 0.0413 e. The highest BCUT2D eigenvalue weighted by atomic mass is 32.1. The summed E-state index contributed by atoms with van der Waals surface area (Å²) in [4.78, 5) is 0. The van der Waals surface area contributed by atoms with Crippen LogP contribution in [0.25, 0.3) is 0 Å². The SMILES string of the molecule is C=C(Nc1ccccc1C)/C(C)=C/C(C)=C(C)/C=C\S. The van der Waals surface area contributed by atoms with Crippen molar-refractivity contribution in [3.8, 4) is 0 Å². The van der Waals surface area contributed by atoms with Crippen molar-refractivity contribution in [1.82, 2.24) is 0 Å². The largest absolute Gasteiger partial charge is 0.356 e. The van der Waals surface area contributed by atoms with Gasteiger partial charge in [0.25, 0.3) is 0 Å². The zero-order chi connectivity index (χ0) is 15.1. The molecule has 20 heavy (non-hydrogen) atoms. The highest BCUT2D eigenvalue weighted by Crippen LogP contribution is 2.19. The molecule has 0 aliphatic carbocycles. The molecule has 1 nitrogen and oxygen atoms in total. The number of aryl methyl sites for hydroxylation is 1. The Hall–Kier alpha value is -1.67. The van der Waals surface area contributed by atoms with E-state index in [4.69, 9.17) is 0 Å². The van der Waals surface area contributed by atoms with Gasteiger partial charge in [-0.15, -0.1) is 0 Å². The molecule has 0 aliphatic heterocycles. The van der Waals surface area contributed by atoms with Gasteiger partial charge in [-0.2, -0.15) is 12.6 Å². The summed E-state index contributed by atoms with van der Waals surface area (Å²) in [7, 11) is 0. The summed E-state index contributed by atoms with van der Waals surface area (Å²) in [5.41, 5.74) is 6.75. The fourth-order valence-corrected chi connectivity index (χ4v) is 1.97. The number of allylic oxidation sites excluding steroid dienone is 5. The molecule has 106 valence electrons. The summed E-state index contributed by atoms with van der Waals surface area (Å²) < 4.78 is 0. The van der Waals surface area contributed by atoms with Gasteiger partial charge in [0.2, 0.25) is 0 Å². The Morgan fingerprint density at radius 3 is 2.40 bits per heavy atom. The average molecular weight is 285 g/mol. The minimum atomic E-state index is 0.918. The fourth-order valence-electron chi connectivity index (χ4n) is 1.74. The molecule has 0 radical (unpaired) electrons. The van der Waals surface area contributed by atoms with E-state index in [0.717, 1.165) is 17.0 Å². The summed E-state index contributed by atoms with van der Waals surface area (Å²) in [6.07, 6.45) is 4.12. The molecule has 0 bridgehead atoms. The Morgan fingerprint density at radius 2 is 1.80 bits per heavy atom. The third kappa shape index (κ3) is 4.78. The number of para-hydroxylation sites is 1. The predicted molar refractivity (Wildman–Crippen MR) is 94.2 cm³/mol. The van der Waals surface area contributed by atoms with Gasteiger partial charge in [-0.25, -0.2) is 0 Å². The van der Waals surface area contributed by atoms with E-state index < -0.39 is 0 Å². The molecular formula is C18H23NS. The molecule has 0 aliphatic rings. The molecule has 0 heterocycles. The molecule has 0 amide bonds. The molecule has 2 heteroatoms. The monoisotopic (exact) mass is 285 g/mol. The number of hydrogen-bond donors (Lipinski definition) is 2. The Morgan fingerprint density at radius 1 is 1.15 bits per heavy atom. The van der Waals surface area contributed by atoms with Crippen LogP contribution in [0.5, 0.6) is 0 Å². The maximum absolute atomic E-state index is 4.11. The number of anilines is 1. The van der Waals surface area contributed by atoms with Gasteiger partial charge in [0.15, 0.2) is 0 Å². The second kappa shape index (κ2) is 7.81. The van der Waals surface area contributed by atoms with Gasteiger partial charge in [-0.3, -0.25) is 0 Å². The molecule has 1 rings (SSSR count). The number of rotatable bonds is 5. The number of hydrogen-bond acceptors (Lipinski definition) is 2. The molecular weight excluding hydrogens is 262 g/mol. The van der Waals surface area contributed by atoms with E-state index in [0.29, 0.717) is 0 Å². The lowest BCUT2D eigenvalue weighted by Gasteiger charge is -2.13. The Balaban J connectivity index is 2.88. The van der Waals surface area contributed by atoms with E-state index in [1.807, 2.05) is 18.2 Å². The highest BCUT2D eigenvalue weighted by Gasteiger charge is 2.01. The lowest BCUT2D eigenvalue weighted by molar-refractivity contribution is 1.29. The standard InChI is InChI=1S/C18H23NS/c1-13(10-11-20)15(3)12-16(4)17(5)19-18-9-7-6-8-14(18)2/h6-12,19-20H,5H2,1-4H3/b11-10-,15-13+,16-12+. The predicted octanol–water partition coefficient (Wildman–Crippen LogP) is 5.65. The summed E-state index contributed by atoms with van der Waals surface area (Å²) >= 11 is 4.10. The normalized spacial score (nSPS) is 13.3. The van der Waals surface area contributed by atoms with Crippen LogP contribution in [0.4, 0.5) is 5.69 Å². The Kier molecular flexibility index (Phi) is 6.40. The van der Waals surface area contributed by atoms with Gasteiger partial charge in [-0.05, 0) is 61.5 Å². The Bertz CT molecular complexity index is 577. The van der Waals surface area contributed by atoms with Crippen molar-refractivity contribution in [3.63, 3.8) is 0 Å². The van der Waals surface area contributed by atoms with Crippen LogP contribution in [0, 0.1) is 6.92 Å². The smallest absolute Gasteiger partial charge is 0.0413 e. The molecule has 0 unspecified atom stereocenters. The first kappa shape index (κ1) is 16.4. The zero-order valence-corrected chi connectivity index (χ0v) is 13.6. The molecule has 0 spiro atoms. The van der Waals surface area contributed by atoms with Gasteiger partial charge < -0.3 is 5.32 Å². The molecule has 1 aromatic carbocycles. The van der Waals surface area contributed by atoms with Crippen molar-refractivity contribution in [2.24, 2.45) is 0 Å². The first-order valence-electron chi connectivity index (χ1n) is 6.64. The molecule has 0 aromatic heterocycles. The van der Waals surface area contributed by atoms with Crippen LogP contribution in [0.1, 0.15) is 26.3 Å². The van der Waals surface area contributed by atoms with Crippen molar-refractivity contribution >= 4 is 18.3 Å². The quantitative estimate of drug-likeness (QED) is 0.526. The van der Waals surface area contributed by atoms with E-state index in [1.54, 1.807) is 5.41 Å². The van der Waals surface area contributed by atoms with Crippen LogP contribution in [0.3, 0.4) is 0 Å². The third-order valence-corrected chi connectivity index (χ3v) is 3.44. The summed E-state index contributed by atoms with van der Waals surface area (Å²) in [5.74, 6) is 0. The van der Waals surface area contributed by atoms with Crippen LogP contribution in [-0.2, 0) is 0 Å². The van der Waals surface area contributed by atoms with E-state index in [-0.39, 0.29) is 0 Å². The zero-order valence-electron chi connectivity index (χ0n) is 12.7. The van der Waals surface area contributed by atoms with Gasteiger partial charge in [0.1, 0.15) is 0 Å². The van der Waals surface area contributed by atoms with Crippen LogP contribution < -0.4 is 5.32 Å². The number of benzene rings is 1. The van der Waals surface area contributed by atoms with Crippen molar-refractivity contribution in [2.45, 2.75) is 27.7 Å². The summed E-state index contributed by atoms with van der Waals surface area (Å²) in [5, 5.41) is 5.12. The third-order valence-electron chi connectivity index (χ3n) is 3.29. The topological polar surface area (TPSA) is 12.0 Å². The maximum atomic E-state index is 4.11. The molecule has 1 aromatic rings. The second-order valence-corrected chi connectivity index (χ2v) is 5.23. The van der Waals surface area contributed by atoms with E-state index >= 15 is 0 Å². The number of nitrogens with one attached hydrogen (secondary N) is 1. The van der Waals surface area contributed by atoms with Gasteiger partial charge in [0.05, 0.1) is 0 Å². The highest BCUT2D eigenvalue weighted by molar-refractivity contribution is 7.83. The van der Waals surface area contributed by atoms with Crippen LogP contribution in [0.15, 0.2) is 70.8 Å². The first-order valence-corrected chi connectivity index (χ1v) is 7.15. The average Bonchev–Trinajstić information content (AvgIpc) is 2.41. The van der Waals surface area contributed by atoms with Gasteiger partial charge in [-0.1, -0.05) is 36.9 Å².